The van der Waals surface area contributed by atoms with Crippen molar-refractivity contribution in [3.05, 3.63) is 29.8 Å². The molecule has 1 aromatic heterocycles. The first-order valence-electron chi connectivity index (χ1n) is 20.4. The average molecular weight is 903 g/mol. The van der Waals surface area contributed by atoms with E-state index in [-0.39, 0.29) is 10.6 Å². The van der Waals surface area contributed by atoms with Crippen molar-refractivity contribution in [2.75, 3.05) is 32.0 Å². The molecular formula is C39H54N10O13S. The molecule has 9 amide bonds. The number of nitrogens with two attached hydrogens (primary N) is 1. The third-order valence-electron chi connectivity index (χ3n) is 11.5. The zero-order valence-electron chi connectivity index (χ0n) is 34.8. The predicted molar refractivity (Wildman–Crippen MR) is 221 cm³/mol. The first kappa shape index (κ1) is 48.1. The summed E-state index contributed by atoms with van der Waals surface area (Å²) in [4.78, 5) is 127. The second-order valence-corrected chi connectivity index (χ2v) is 17.4. The number of aromatic amines is 1. The van der Waals surface area contributed by atoms with Gasteiger partial charge in [-0.2, -0.15) is 0 Å². The number of fused-ring (bicyclic) bond motifs is 5. The Labute approximate surface area is 363 Å². The number of aliphatic hydroxyl groups is 3. The van der Waals surface area contributed by atoms with Crippen molar-refractivity contribution in [2.24, 2.45) is 17.6 Å². The molecule has 0 saturated carbocycles. The minimum absolute atomic E-state index is 0.0625. The molecular weight excluding hydrogens is 849 g/mol. The van der Waals surface area contributed by atoms with E-state index in [4.69, 9.17) is 5.73 Å². The molecule has 3 aliphatic heterocycles. The Kier molecular flexibility index (Phi) is 16.0. The van der Waals surface area contributed by atoms with Crippen molar-refractivity contribution < 1.29 is 62.7 Å². The molecule has 24 heteroatoms. The van der Waals surface area contributed by atoms with Crippen LogP contribution in [0.15, 0.2) is 29.3 Å². The number of aliphatic hydroxyl groups excluding tert-OH is 3. The minimum Gasteiger partial charge on any atom is -0.394 e. The fourth-order valence-corrected chi connectivity index (χ4v) is 9.05. The zero-order valence-corrected chi connectivity index (χ0v) is 35.6. The Bertz CT molecular complexity index is 2150. The number of rotatable bonds is 7. The quantitative estimate of drug-likeness (QED) is 0.124. The maximum atomic E-state index is 14.5. The summed E-state index contributed by atoms with van der Waals surface area (Å²) < 4.78 is 14.5. The molecule has 4 heterocycles. The summed E-state index contributed by atoms with van der Waals surface area (Å²) in [6.45, 7) is 1.90. The number of carbonyl (C=O) groups is 9. The van der Waals surface area contributed by atoms with Gasteiger partial charge in [-0.25, -0.2) is 0 Å². The molecule has 344 valence electrons. The predicted octanol–water partition coefficient (Wildman–Crippen LogP) is -5.63. The lowest BCUT2D eigenvalue weighted by atomic mass is 9.93. The molecule has 2 unspecified atom stereocenters. The van der Waals surface area contributed by atoms with Crippen LogP contribution in [-0.2, 0) is 60.4 Å². The number of hydrogen-bond acceptors (Lipinski definition) is 13. The van der Waals surface area contributed by atoms with Crippen LogP contribution in [0.4, 0.5) is 0 Å². The maximum absolute atomic E-state index is 14.5. The first-order chi connectivity index (χ1) is 29.8. The van der Waals surface area contributed by atoms with Crippen molar-refractivity contribution in [3.63, 3.8) is 0 Å². The monoisotopic (exact) mass is 902 g/mol. The number of primary amides is 1. The summed E-state index contributed by atoms with van der Waals surface area (Å²) in [7, 11) is -2.29. The number of nitrogens with zero attached hydrogens (tertiary/aromatic N) is 1. The number of aromatic nitrogens is 1. The van der Waals surface area contributed by atoms with Gasteiger partial charge in [0.25, 0.3) is 0 Å². The summed E-state index contributed by atoms with van der Waals surface area (Å²) in [5, 5.41) is 48.9. The van der Waals surface area contributed by atoms with Gasteiger partial charge in [0, 0.05) is 36.2 Å². The van der Waals surface area contributed by atoms with Gasteiger partial charge in [-0.15, -0.1) is 0 Å². The van der Waals surface area contributed by atoms with Crippen LogP contribution in [0.2, 0.25) is 0 Å². The lowest BCUT2D eigenvalue weighted by molar-refractivity contribution is -0.144. The highest BCUT2D eigenvalue weighted by Gasteiger charge is 2.45. The largest absolute Gasteiger partial charge is 0.394 e. The van der Waals surface area contributed by atoms with Crippen molar-refractivity contribution in [3.8, 4) is 0 Å². The summed E-state index contributed by atoms with van der Waals surface area (Å²) in [6.07, 6.45) is -4.24. The highest BCUT2D eigenvalue weighted by molar-refractivity contribution is 7.85. The van der Waals surface area contributed by atoms with Gasteiger partial charge in [0.05, 0.1) is 54.9 Å². The van der Waals surface area contributed by atoms with Crippen LogP contribution in [0.1, 0.15) is 45.6 Å². The lowest BCUT2D eigenvalue weighted by Crippen LogP contribution is -2.62. The fourth-order valence-electron chi connectivity index (χ4n) is 7.66. The molecule has 5 rings (SSSR count). The van der Waals surface area contributed by atoms with Gasteiger partial charge in [-0.05, 0) is 17.5 Å². The van der Waals surface area contributed by atoms with E-state index in [0.717, 1.165) is 4.90 Å². The summed E-state index contributed by atoms with van der Waals surface area (Å²) in [6, 6.07) is -3.18. The SMILES string of the molecule is CCC(C)[C@@H]1NC(=O)CNC(=O)[C@@H]2Cc3c([nH]c4ccccc34)S(=O)C[C@H](NC(=O)CNC1=O)C(=O)N[C@@H](CC(N)=O)C(=O)N1C[C@H](O)C[C@H]1C(=O)N[C@@H]([C@@H](C)[C@@H](O)CO)C(=O)N2. The normalized spacial score (nSPS) is 28.8. The summed E-state index contributed by atoms with van der Waals surface area (Å²) in [5.74, 6) is -11.4. The van der Waals surface area contributed by atoms with Crippen molar-refractivity contribution in [1.29, 1.82) is 0 Å². The topological polar surface area (TPSA) is 361 Å². The van der Waals surface area contributed by atoms with E-state index in [9.17, 15) is 62.7 Å². The maximum Gasteiger partial charge on any atom is 0.246 e. The van der Waals surface area contributed by atoms with Crippen LogP contribution in [0.5, 0.6) is 0 Å². The molecule has 0 aliphatic carbocycles. The van der Waals surface area contributed by atoms with E-state index in [2.05, 4.69) is 42.2 Å². The highest BCUT2D eigenvalue weighted by Crippen LogP contribution is 2.28. The van der Waals surface area contributed by atoms with Crippen LogP contribution >= 0.6 is 0 Å². The lowest BCUT2D eigenvalue weighted by Gasteiger charge is -2.32. The van der Waals surface area contributed by atoms with Crippen molar-refractivity contribution in [1.82, 2.24) is 47.1 Å². The second kappa shape index (κ2) is 20.9. The number of benzene rings is 1. The number of hydrogen-bond donors (Lipinski definition) is 12. The van der Waals surface area contributed by atoms with Crippen molar-refractivity contribution >= 4 is 74.9 Å². The molecule has 13 N–H and O–H groups in total. The standard InChI is InChI=1S/C39H54N10O13S/c1-4-17(2)31-36(59)42-12-29(54)43-25-16-63(62)38-21(20-7-5-6-8-22(20)46-38)10-23(33(56)41-13-30(55)47-31)44-37(60)32(18(3)27(52)15-50)48-35(58)26-9-19(51)14-49(26)39(61)24(11-28(40)53)45-34(25)57/h5-8,17-19,23-27,31-32,46,50-52H,4,9-16H2,1-3H3,(H2,40,53)(H,41,56)(H,42,59)(H,43,54)(H,44,60)(H,45,57)(H,47,55)(H,48,58)/t17?,18-,19+,23-,24-,25-,26-,27-,31-,32-,63?/m0/s1. The summed E-state index contributed by atoms with van der Waals surface area (Å²) in [5.41, 5.74) is 6.08. The van der Waals surface area contributed by atoms with Gasteiger partial charge >= 0.3 is 0 Å². The molecule has 11 atom stereocenters. The Morgan fingerprint density at radius 1 is 0.857 bits per heavy atom. The molecule has 1 fully saturated rings. The van der Waals surface area contributed by atoms with E-state index >= 15 is 0 Å². The summed E-state index contributed by atoms with van der Waals surface area (Å²) >= 11 is 0. The van der Waals surface area contributed by atoms with Gasteiger partial charge < -0.3 is 68.2 Å². The third kappa shape index (κ3) is 11.5. The van der Waals surface area contributed by atoms with Gasteiger partial charge in [-0.1, -0.05) is 45.4 Å². The van der Waals surface area contributed by atoms with Crippen LogP contribution in [0.3, 0.4) is 0 Å². The Balaban J connectivity index is 1.72. The smallest absolute Gasteiger partial charge is 0.246 e. The van der Waals surface area contributed by atoms with Crippen LogP contribution in [0.25, 0.3) is 10.9 Å². The van der Waals surface area contributed by atoms with E-state index in [1.54, 1.807) is 38.1 Å². The van der Waals surface area contributed by atoms with Crippen molar-refractivity contribution in [2.45, 2.75) is 99.9 Å². The molecule has 1 saturated heterocycles. The first-order valence-corrected chi connectivity index (χ1v) is 21.7. The third-order valence-corrected chi connectivity index (χ3v) is 12.9. The van der Waals surface area contributed by atoms with Gasteiger partial charge in [0.1, 0.15) is 41.3 Å². The molecule has 23 nitrogen and oxygen atoms in total. The molecule has 3 aliphatic rings. The van der Waals surface area contributed by atoms with Crippen LogP contribution in [-0.4, -0.2) is 163 Å². The second-order valence-electron chi connectivity index (χ2n) is 16.0. The zero-order chi connectivity index (χ0) is 46.3. The fraction of sp³-hybridized carbons (Fsp3) is 0.564. The Hall–Kier alpha value is -5.98. The van der Waals surface area contributed by atoms with Gasteiger partial charge in [0.15, 0.2) is 0 Å². The number of para-hydroxylation sites is 1. The average Bonchev–Trinajstić information content (AvgIpc) is 3.83. The number of carbonyl (C=O) groups excluding carboxylic acids is 9. The van der Waals surface area contributed by atoms with Crippen LogP contribution in [0, 0.1) is 11.8 Å². The van der Waals surface area contributed by atoms with E-state index in [1.165, 1.54) is 6.92 Å². The Morgan fingerprint density at radius 2 is 1.52 bits per heavy atom. The molecule has 0 radical (unpaired) electrons. The number of nitrogens with one attached hydrogen (secondary N) is 8. The van der Waals surface area contributed by atoms with Crippen LogP contribution < -0.4 is 43.0 Å². The molecule has 2 bridgehead atoms. The highest BCUT2D eigenvalue weighted by atomic mass is 32.2. The van der Waals surface area contributed by atoms with Gasteiger partial charge in [0.2, 0.25) is 53.2 Å². The van der Waals surface area contributed by atoms with E-state index < -0.39 is 176 Å². The molecule has 0 spiro atoms. The number of H-pyrrole nitrogens is 1. The molecule has 1 aromatic carbocycles. The Morgan fingerprint density at radius 3 is 2.19 bits per heavy atom. The molecule has 63 heavy (non-hydrogen) atoms. The van der Waals surface area contributed by atoms with E-state index in [1.807, 2.05) is 0 Å². The molecule has 2 aromatic rings. The number of amides is 9. The van der Waals surface area contributed by atoms with E-state index in [0.29, 0.717) is 17.3 Å². The van der Waals surface area contributed by atoms with Gasteiger partial charge in [-0.3, -0.25) is 47.4 Å². The minimum atomic E-state index is -2.29.